The standard InChI is InChI=1S/C27H31NO3S.CH2O2/c1-2-3-4-7-18-31-24-10-6-5-9-23(24)27(30)28(22-16-17-22)26(29)21-14-12-20(13-15-21)25-11-8-19-32-25;2-1-3/h5-6,8-15,19,22,27,30H,2-4,7,16-18H2,1H3;1H,(H,2,3). The summed E-state index contributed by atoms with van der Waals surface area (Å²) < 4.78 is 6.00. The van der Waals surface area contributed by atoms with Crippen LogP contribution in [0.25, 0.3) is 10.4 Å². The van der Waals surface area contributed by atoms with Gasteiger partial charge in [0.15, 0.2) is 6.23 Å². The number of aliphatic hydroxyl groups excluding tert-OH is 1. The van der Waals surface area contributed by atoms with Crippen LogP contribution in [0, 0.1) is 0 Å². The van der Waals surface area contributed by atoms with E-state index in [0.29, 0.717) is 23.5 Å². The third kappa shape index (κ3) is 7.41. The summed E-state index contributed by atoms with van der Waals surface area (Å²) in [7, 11) is 0. The molecule has 0 bridgehead atoms. The number of rotatable bonds is 11. The zero-order valence-corrected chi connectivity index (χ0v) is 20.8. The zero-order chi connectivity index (χ0) is 25.0. The largest absolute Gasteiger partial charge is 0.493 e. The predicted molar refractivity (Wildman–Crippen MR) is 139 cm³/mol. The van der Waals surface area contributed by atoms with Crippen LogP contribution in [-0.4, -0.2) is 40.1 Å². The molecule has 3 aromatic rings. The van der Waals surface area contributed by atoms with Gasteiger partial charge < -0.3 is 19.8 Å². The Bertz CT molecular complexity index is 1050. The molecule has 0 aliphatic heterocycles. The normalized spacial score (nSPS) is 13.3. The maximum atomic E-state index is 13.4. The van der Waals surface area contributed by atoms with E-state index in [4.69, 9.17) is 14.6 Å². The highest BCUT2D eigenvalue weighted by Gasteiger charge is 2.38. The van der Waals surface area contributed by atoms with Crippen LogP contribution in [0.2, 0.25) is 0 Å². The lowest BCUT2D eigenvalue weighted by Gasteiger charge is -2.29. The second kappa shape index (κ2) is 13.7. The minimum Gasteiger partial charge on any atom is -0.493 e. The summed E-state index contributed by atoms with van der Waals surface area (Å²) in [4.78, 5) is 24.6. The van der Waals surface area contributed by atoms with Gasteiger partial charge in [-0.05, 0) is 54.5 Å². The van der Waals surface area contributed by atoms with E-state index < -0.39 is 6.23 Å². The number of hydrogen-bond acceptors (Lipinski definition) is 5. The van der Waals surface area contributed by atoms with Gasteiger partial charge in [0.1, 0.15) is 5.75 Å². The Labute approximate surface area is 210 Å². The molecule has 35 heavy (non-hydrogen) atoms. The van der Waals surface area contributed by atoms with Gasteiger partial charge in [0.25, 0.3) is 12.4 Å². The van der Waals surface area contributed by atoms with Crippen LogP contribution in [0.3, 0.4) is 0 Å². The Morgan fingerprint density at radius 2 is 1.80 bits per heavy atom. The summed E-state index contributed by atoms with van der Waals surface area (Å²) in [5.41, 5.74) is 2.34. The maximum Gasteiger partial charge on any atom is 0.290 e. The second-order valence-electron chi connectivity index (χ2n) is 8.42. The number of unbranched alkanes of at least 4 members (excludes halogenated alkanes) is 3. The van der Waals surface area contributed by atoms with E-state index in [9.17, 15) is 9.90 Å². The third-order valence-corrected chi connectivity index (χ3v) is 6.75. The van der Waals surface area contributed by atoms with Crippen LogP contribution < -0.4 is 4.74 Å². The minimum absolute atomic E-state index is 0.0621. The highest BCUT2D eigenvalue weighted by Crippen LogP contribution is 2.37. The highest BCUT2D eigenvalue weighted by molar-refractivity contribution is 7.13. The molecule has 0 spiro atoms. The van der Waals surface area contributed by atoms with E-state index in [-0.39, 0.29) is 18.4 Å². The van der Waals surface area contributed by atoms with Crippen molar-refractivity contribution in [1.29, 1.82) is 0 Å². The number of para-hydroxylation sites is 1. The SMILES string of the molecule is CCCCCCOc1ccccc1C(O)N(C(=O)c1ccc(-c2cccs2)cc1)C1CC1.O=CO. The number of hydrogen-bond donors (Lipinski definition) is 2. The van der Waals surface area contributed by atoms with Crippen molar-refractivity contribution in [3.8, 4) is 16.2 Å². The van der Waals surface area contributed by atoms with Crippen molar-refractivity contribution in [1.82, 2.24) is 4.90 Å². The molecule has 1 atom stereocenters. The van der Waals surface area contributed by atoms with Gasteiger partial charge in [-0.25, -0.2) is 0 Å². The van der Waals surface area contributed by atoms with Crippen molar-refractivity contribution in [2.45, 2.75) is 57.7 Å². The molecule has 0 saturated heterocycles. The fraction of sp³-hybridized carbons (Fsp3) is 0.357. The number of carbonyl (C=O) groups is 2. The Morgan fingerprint density at radius 3 is 2.43 bits per heavy atom. The lowest BCUT2D eigenvalue weighted by atomic mass is 10.1. The first-order valence-electron chi connectivity index (χ1n) is 12.0. The van der Waals surface area contributed by atoms with Gasteiger partial charge in [-0.2, -0.15) is 0 Å². The van der Waals surface area contributed by atoms with Crippen LogP contribution in [0.1, 0.15) is 67.6 Å². The first-order valence-corrected chi connectivity index (χ1v) is 12.9. The van der Waals surface area contributed by atoms with Gasteiger partial charge in [0.05, 0.1) is 6.61 Å². The fourth-order valence-electron chi connectivity index (χ4n) is 3.88. The molecule has 186 valence electrons. The fourth-order valence-corrected chi connectivity index (χ4v) is 4.62. The molecule has 1 amide bonds. The number of thiophene rings is 1. The van der Waals surface area contributed by atoms with E-state index in [2.05, 4.69) is 13.0 Å². The zero-order valence-electron chi connectivity index (χ0n) is 20.0. The van der Waals surface area contributed by atoms with Crippen molar-refractivity contribution in [3.05, 3.63) is 77.2 Å². The van der Waals surface area contributed by atoms with Gasteiger partial charge in [-0.15, -0.1) is 11.3 Å². The average Bonchev–Trinajstić information content (AvgIpc) is 3.55. The second-order valence-corrected chi connectivity index (χ2v) is 9.37. The Hall–Kier alpha value is -3.16. The first kappa shape index (κ1) is 26.4. The number of benzene rings is 2. The average molecular weight is 496 g/mol. The molecule has 2 aromatic carbocycles. The molecular formula is C28H33NO5S. The van der Waals surface area contributed by atoms with Crippen molar-refractivity contribution >= 4 is 23.7 Å². The molecule has 0 radical (unpaired) electrons. The molecule has 1 saturated carbocycles. The molecule has 1 unspecified atom stereocenters. The summed E-state index contributed by atoms with van der Waals surface area (Å²) in [5, 5.41) is 20.2. The monoisotopic (exact) mass is 495 g/mol. The molecule has 6 nitrogen and oxygen atoms in total. The number of carboxylic acid groups (broad SMARTS) is 1. The molecule has 7 heteroatoms. The Kier molecular flexibility index (Phi) is 10.3. The lowest BCUT2D eigenvalue weighted by Crippen LogP contribution is -2.37. The number of carbonyl (C=O) groups excluding carboxylic acids is 1. The third-order valence-electron chi connectivity index (χ3n) is 5.83. The van der Waals surface area contributed by atoms with Crippen LogP contribution in [-0.2, 0) is 4.79 Å². The summed E-state index contributed by atoms with van der Waals surface area (Å²) >= 11 is 1.68. The van der Waals surface area contributed by atoms with Crippen LogP contribution in [0.4, 0.5) is 0 Å². The first-order chi connectivity index (χ1) is 17.1. The van der Waals surface area contributed by atoms with Crippen molar-refractivity contribution in [2.75, 3.05) is 6.61 Å². The highest BCUT2D eigenvalue weighted by atomic mass is 32.1. The lowest BCUT2D eigenvalue weighted by molar-refractivity contribution is -0.122. The van der Waals surface area contributed by atoms with Crippen LogP contribution in [0.15, 0.2) is 66.0 Å². The number of amides is 1. The molecule has 4 rings (SSSR count). The number of nitrogens with zero attached hydrogens (tertiary/aromatic N) is 1. The van der Waals surface area contributed by atoms with Crippen LogP contribution >= 0.6 is 11.3 Å². The van der Waals surface area contributed by atoms with Gasteiger partial charge in [0, 0.05) is 22.0 Å². The Morgan fingerprint density at radius 1 is 1.09 bits per heavy atom. The topological polar surface area (TPSA) is 87.1 Å². The van der Waals surface area contributed by atoms with E-state index in [0.717, 1.165) is 31.2 Å². The number of aliphatic hydroxyl groups is 1. The van der Waals surface area contributed by atoms with Gasteiger partial charge in [-0.3, -0.25) is 9.59 Å². The van der Waals surface area contributed by atoms with Crippen LogP contribution in [0.5, 0.6) is 5.75 Å². The minimum atomic E-state index is -1.03. The summed E-state index contributed by atoms with van der Waals surface area (Å²) in [6, 6.07) is 19.3. The van der Waals surface area contributed by atoms with Gasteiger partial charge >= 0.3 is 0 Å². The summed E-state index contributed by atoms with van der Waals surface area (Å²) in [5.74, 6) is 0.512. The maximum absolute atomic E-state index is 13.4. The van der Waals surface area contributed by atoms with E-state index in [1.165, 1.54) is 17.7 Å². The molecule has 1 fully saturated rings. The van der Waals surface area contributed by atoms with Crippen molar-refractivity contribution in [2.24, 2.45) is 0 Å². The molecule has 1 heterocycles. The van der Waals surface area contributed by atoms with Gasteiger partial charge in [-0.1, -0.05) is 62.6 Å². The van der Waals surface area contributed by atoms with Crippen molar-refractivity contribution < 1.29 is 24.5 Å². The van der Waals surface area contributed by atoms with E-state index in [1.54, 1.807) is 16.2 Å². The Balaban J connectivity index is 0.00000108. The molecule has 1 aromatic heterocycles. The summed E-state index contributed by atoms with van der Waals surface area (Å²) in [6.45, 7) is 2.55. The summed E-state index contributed by atoms with van der Waals surface area (Å²) in [6.07, 6.45) is 5.30. The molecular weight excluding hydrogens is 462 g/mol. The predicted octanol–water partition coefficient (Wildman–Crippen LogP) is 6.37. The van der Waals surface area contributed by atoms with E-state index in [1.807, 2.05) is 60.0 Å². The smallest absolute Gasteiger partial charge is 0.290 e. The molecule has 2 N–H and O–H groups in total. The number of ether oxygens (including phenoxy) is 1. The molecule has 1 aliphatic carbocycles. The van der Waals surface area contributed by atoms with Gasteiger partial charge in [0.2, 0.25) is 0 Å². The van der Waals surface area contributed by atoms with Crippen molar-refractivity contribution in [3.63, 3.8) is 0 Å². The van der Waals surface area contributed by atoms with E-state index >= 15 is 0 Å². The molecule has 1 aliphatic rings. The quantitative estimate of drug-likeness (QED) is 0.183.